The summed E-state index contributed by atoms with van der Waals surface area (Å²) in [4.78, 5) is 3.56. The molecule has 0 unspecified atom stereocenters. The largest absolute Gasteiger partial charge is 0.384 e. The molecule has 1 N–H and O–H groups in total. The van der Waals surface area contributed by atoms with E-state index in [4.69, 9.17) is 0 Å². The molecule has 9 heavy (non-hydrogen) atoms. The van der Waals surface area contributed by atoms with Gasteiger partial charge in [0, 0.05) is 0 Å². The van der Waals surface area contributed by atoms with Gasteiger partial charge in [-0.15, -0.1) is 12.6 Å². The minimum absolute atomic E-state index is 0.478. The molecule has 0 aromatic rings. The number of hydrogen-bond acceptors (Lipinski definition) is 3. The summed E-state index contributed by atoms with van der Waals surface area (Å²) < 4.78 is 0. The van der Waals surface area contributed by atoms with Crippen molar-refractivity contribution < 1.29 is 5.11 Å². The first kappa shape index (κ1) is 8.72. The second-order valence-electron chi connectivity index (χ2n) is 2.23. The van der Waals surface area contributed by atoms with E-state index in [9.17, 15) is 5.11 Å². The molecule has 0 heterocycles. The third-order valence-electron chi connectivity index (χ3n) is 0.919. The highest BCUT2D eigenvalue weighted by Gasteiger charge is 2.16. The smallest absolute Gasteiger partial charge is 0.101 e. The molecule has 0 aliphatic heterocycles. The van der Waals surface area contributed by atoms with Crippen LogP contribution >= 0.6 is 12.6 Å². The average molecular weight is 145 g/mol. The van der Waals surface area contributed by atoms with Crippen molar-refractivity contribution in [3.8, 4) is 0 Å². The Morgan fingerprint density at radius 1 is 1.78 bits per heavy atom. The molecule has 0 spiro atoms. The molecule has 0 atom stereocenters. The molecule has 0 saturated carbocycles. The highest BCUT2D eigenvalue weighted by molar-refractivity contribution is 7.83. The van der Waals surface area contributed by atoms with Gasteiger partial charge in [0.25, 0.3) is 0 Å². The zero-order chi connectivity index (χ0) is 7.49. The zero-order valence-electron chi connectivity index (χ0n) is 5.63. The third-order valence-corrected chi connectivity index (χ3v) is 1.16. The summed E-state index contributed by atoms with van der Waals surface area (Å²) in [5.41, 5.74) is -0.449. The Balaban J connectivity index is 4.32. The Morgan fingerprint density at radius 2 is 2.22 bits per heavy atom. The Kier molecular flexibility index (Phi) is 2.94. The lowest BCUT2D eigenvalue weighted by atomic mass is 10.1. The SMILES string of the molecule is C=N/C(=C\S)C(C)(C)O. The predicted octanol–water partition coefficient (Wildman–Crippen LogP) is 1.23. The molecule has 0 amide bonds. The second kappa shape index (κ2) is 3.03. The van der Waals surface area contributed by atoms with E-state index in [1.165, 1.54) is 5.41 Å². The van der Waals surface area contributed by atoms with E-state index < -0.39 is 5.60 Å². The van der Waals surface area contributed by atoms with Crippen LogP contribution in [-0.2, 0) is 0 Å². The molecule has 0 saturated heterocycles. The number of thiol groups is 1. The Morgan fingerprint density at radius 3 is 2.22 bits per heavy atom. The molecule has 0 aromatic carbocycles. The van der Waals surface area contributed by atoms with Crippen molar-refractivity contribution in [3.63, 3.8) is 0 Å². The van der Waals surface area contributed by atoms with Crippen LogP contribution in [0, 0.1) is 0 Å². The summed E-state index contributed by atoms with van der Waals surface area (Å²) in [5.74, 6) is 0. The Bertz CT molecular complexity index is 134. The van der Waals surface area contributed by atoms with Gasteiger partial charge in [-0.3, -0.25) is 4.99 Å². The van der Waals surface area contributed by atoms with Crippen LogP contribution in [0.25, 0.3) is 0 Å². The van der Waals surface area contributed by atoms with Crippen molar-refractivity contribution in [2.45, 2.75) is 19.4 Å². The van der Waals surface area contributed by atoms with Crippen molar-refractivity contribution in [1.82, 2.24) is 0 Å². The van der Waals surface area contributed by atoms with Crippen LogP contribution in [0.2, 0.25) is 0 Å². The quantitative estimate of drug-likeness (QED) is 0.444. The normalized spacial score (nSPS) is 13.6. The van der Waals surface area contributed by atoms with E-state index in [2.05, 4.69) is 24.3 Å². The van der Waals surface area contributed by atoms with E-state index in [0.717, 1.165) is 0 Å². The number of nitrogens with zero attached hydrogens (tertiary/aromatic N) is 1. The fourth-order valence-electron chi connectivity index (χ4n) is 0.392. The van der Waals surface area contributed by atoms with Crippen molar-refractivity contribution in [3.05, 3.63) is 11.1 Å². The molecule has 0 rings (SSSR count). The van der Waals surface area contributed by atoms with Gasteiger partial charge in [0.05, 0.1) is 5.70 Å². The van der Waals surface area contributed by atoms with E-state index in [1.807, 2.05) is 0 Å². The average Bonchev–Trinajstić information content (AvgIpc) is 1.65. The lowest BCUT2D eigenvalue weighted by Crippen LogP contribution is -2.20. The molecule has 0 aromatic heterocycles. The van der Waals surface area contributed by atoms with E-state index in [0.29, 0.717) is 5.70 Å². The number of aliphatic imine (C=N–C) groups is 1. The predicted molar refractivity (Wildman–Crippen MR) is 42.9 cm³/mol. The summed E-state index contributed by atoms with van der Waals surface area (Å²) >= 11 is 3.83. The summed E-state index contributed by atoms with van der Waals surface area (Å²) in [5, 5.41) is 10.7. The maximum atomic E-state index is 9.23. The Labute approximate surface area is 60.7 Å². The van der Waals surface area contributed by atoms with Crippen molar-refractivity contribution in [1.29, 1.82) is 0 Å². The van der Waals surface area contributed by atoms with Crippen LogP contribution in [0.3, 0.4) is 0 Å². The van der Waals surface area contributed by atoms with Crippen LogP contribution in [0.1, 0.15) is 13.8 Å². The third kappa shape index (κ3) is 2.67. The number of hydrogen-bond donors (Lipinski definition) is 2. The molecular weight excluding hydrogens is 134 g/mol. The van der Waals surface area contributed by atoms with E-state index in [-0.39, 0.29) is 0 Å². The minimum atomic E-state index is -0.927. The van der Waals surface area contributed by atoms with Gasteiger partial charge >= 0.3 is 0 Å². The van der Waals surface area contributed by atoms with Crippen LogP contribution in [0.4, 0.5) is 0 Å². The molecule has 0 bridgehead atoms. The molecule has 52 valence electrons. The molecule has 0 radical (unpaired) electrons. The summed E-state index contributed by atoms with van der Waals surface area (Å²) in [6.45, 7) is 6.53. The first-order valence-corrected chi connectivity index (χ1v) is 3.08. The zero-order valence-corrected chi connectivity index (χ0v) is 6.52. The Hall–Kier alpha value is -0.280. The fourth-order valence-corrected chi connectivity index (χ4v) is 0.790. The molecule has 0 fully saturated rings. The molecular formula is C6H11NOS. The fraction of sp³-hybridized carbons (Fsp3) is 0.500. The standard InChI is InChI=1S/C6H11NOS/c1-6(2,8)5(4-9)7-3/h4,8-9H,3H2,1-2H3/b5-4-. The van der Waals surface area contributed by atoms with Crippen LogP contribution < -0.4 is 0 Å². The van der Waals surface area contributed by atoms with E-state index in [1.54, 1.807) is 13.8 Å². The van der Waals surface area contributed by atoms with Crippen molar-refractivity contribution in [2.75, 3.05) is 0 Å². The lowest BCUT2D eigenvalue weighted by Gasteiger charge is -2.16. The second-order valence-corrected chi connectivity index (χ2v) is 2.49. The van der Waals surface area contributed by atoms with Gasteiger partial charge in [-0.1, -0.05) is 0 Å². The van der Waals surface area contributed by atoms with Gasteiger partial charge in [0.1, 0.15) is 5.60 Å². The van der Waals surface area contributed by atoms with Gasteiger partial charge < -0.3 is 5.11 Å². The van der Waals surface area contributed by atoms with Gasteiger partial charge in [0.2, 0.25) is 0 Å². The van der Waals surface area contributed by atoms with Gasteiger partial charge in [0.15, 0.2) is 0 Å². The summed E-state index contributed by atoms with van der Waals surface area (Å²) in [6.07, 6.45) is 0. The molecule has 3 heteroatoms. The van der Waals surface area contributed by atoms with Gasteiger partial charge in [-0.2, -0.15) is 0 Å². The highest BCUT2D eigenvalue weighted by Crippen LogP contribution is 2.16. The van der Waals surface area contributed by atoms with E-state index >= 15 is 0 Å². The molecule has 0 aliphatic rings. The van der Waals surface area contributed by atoms with Crippen molar-refractivity contribution in [2.24, 2.45) is 4.99 Å². The maximum Gasteiger partial charge on any atom is 0.101 e. The lowest BCUT2D eigenvalue weighted by molar-refractivity contribution is 0.119. The first-order chi connectivity index (χ1) is 4.02. The maximum absolute atomic E-state index is 9.23. The van der Waals surface area contributed by atoms with Gasteiger partial charge in [-0.25, -0.2) is 0 Å². The summed E-state index contributed by atoms with van der Waals surface area (Å²) in [7, 11) is 0. The first-order valence-electron chi connectivity index (χ1n) is 2.56. The van der Waals surface area contributed by atoms with Crippen molar-refractivity contribution >= 4 is 19.3 Å². The minimum Gasteiger partial charge on any atom is -0.384 e. The van der Waals surface area contributed by atoms with Crippen LogP contribution in [0.15, 0.2) is 16.1 Å². The monoisotopic (exact) mass is 145 g/mol. The highest BCUT2D eigenvalue weighted by atomic mass is 32.1. The topological polar surface area (TPSA) is 32.6 Å². The summed E-state index contributed by atoms with van der Waals surface area (Å²) in [6, 6.07) is 0. The van der Waals surface area contributed by atoms with Crippen LogP contribution in [-0.4, -0.2) is 17.4 Å². The number of rotatable bonds is 2. The molecule has 0 aliphatic carbocycles. The van der Waals surface area contributed by atoms with Gasteiger partial charge in [-0.05, 0) is 26.0 Å². The molecule has 2 nitrogen and oxygen atoms in total. The number of aliphatic hydroxyl groups is 1. The van der Waals surface area contributed by atoms with Crippen LogP contribution in [0.5, 0.6) is 0 Å².